The Hall–Kier alpha value is -1.91. The maximum atomic E-state index is 13.7. The first-order valence-electron chi connectivity index (χ1n) is 5.87. The van der Waals surface area contributed by atoms with Gasteiger partial charge in [0.2, 0.25) is 5.91 Å². The first-order chi connectivity index (χ1) is 8.59. The number of fused-ring (bicyclic) bond motifs is 3. The second-order valence-corrected chi connectivity index (χ2v) is 4.65. The van der Waals surface area contributed by atoms with E-state index in [0.717, 1.165) is 24.5 Å². The Morgan fingerprint density at radius 1 is 1.39 bits per heavy atom. The van der Waals surface area contributed by atoms with Crippen LogP contribution < -0.4 is 5.73 Å². The Morgan fingerprint density at radius 2 is 2.17 bits per heavy atom. The molecule has 94 valence electrons. The number of carbonyl (C=O) groups is 1. The monoisotopic (exact) mass is 250 g/mol. The number of nitrogens with one attached hydrogen (secondary N) is 1. The number of nitrogens with two attached hydrogens (primary N) is 1. The van der Waals surface area contributed by atoms with E-state index < -0.39 is 23.5 Å². The van der Waals surface area contributed by atoms with Crippen LogP contribution in [0.25, 0.3) is 10.9 Å². The van der Waals surface area contributed by atoms with Crippen molar-refractivity contribution in [2.24, 2.45) is 5.73 Å². The maximum Gasteiger partial charge on any atom is 0.226 e. The highest BCUT2D eigenvalue weighted by molar-refractivity contribution is 5.90. The van der Waals surface area contributed by atoms with Gasteiger partial charge >= 0.3 is 0 Å². The second kappa shape index (κ2) is 3.80. The van der Waals surface area contributed by atoms with Crippen molar-refractivity contribution in [3.8, 4) is 0 Å². The first kappa shape index (κ1) is 11.2. The molecule has 0 saturated heterocycles. The molecule has 3 nitrogen and oxygen atoms in total. The number of aromatic nitrogens is 1. The van der Waals surface area contributed by atoms with Crippen LogP contribution in [0.1, 0.15) is 30.0 Å². The highest BCUT2D eigenvalue weighted by Crippen LogP contribution is 2.36. The van der Waals surface area contributed by atoms with Crippen molar-refractivity contribution in [2.45, 2.75) is 25.2 Å². The van der Waals surface area contributed by atoms with Crippen LogP contribution in [0, 0.1) is 11.6 Å². The van der Waals surface area contributed by atoms with Crippen LogP contribution >= 0.6 is 0 Å². The standard InChI is InChI=1S/C13H12F2N2O/c14-9-5-4-7-6-2-1-3-8(13(16)18)11(6)17-12(7)10(9)15/h4-5,8,17H,1-3H2,(H2,16,18). The third-order valence-electron chi connectivity index (χ3n) is 3.62. The van der Waals surface area contributed by atoms with Gasteiger partial charge in [-0.2, -0.15) is 0 Å². The molecule has 0 spiro atoms. The Labute approximate surface area is 102 Å². The van der Waals surface area contributed by atoms with Crippen molar-refractivity contribution in [3.63, 3.8) is 0 Å². The molecule has 5 heteroatoms. The SMILES string of the molecule is NC(=O)C1CCCc2c1[nH]c1c(F)c(F)ccc21. The Balaban J connectivity index is 2.30. The molecule has 1 heterocycles. The van der Waals surface area contributed by atoms with Gasteiger partial charge in [-0.05, 0) is 37.0 Å². The van der Waals surface area contributed by atoms with Gasteiger partial charge in [0.05, 0.1) is 11.4 Å². The van der Waals surface area contributed by atoms with Crippen molar-refractivity contribution in [3.05, 3.63) is 35.0 Å². The Morgan fingerprint density at radius 3 is 2.89 bits per heavy atom. The molecule has 0 aliphatic heterocycles. The number of primary amides is 1. The lowest BCUT2D eigenvalue weighted by molar-refractivity contribution is -0.119. The second-order valence-electron chi connectivity index (χ2n) is 4.65. The van der Waals surface area contributed by atoms with Crippen LogP contribution in [0.4, 0.5) is 8.78 Å². The predicted octanol–water partition coefficient (Wildman–Crippen LogP) is 2.35. The summed E-state index contributed by atoms with van der Waals surface area (Å²) in [6.07, 6.45) is 2.23. The van der Waals surface area contributed by atoms with Crippen LogP contribution in [0.15, 0.2) is 12.1 Å². The summed E-state index contributed by atoms with van der Waals surface area (Å²) in [6.45, 7) is 0. The number of halogens is 2. The molecule has 3 rings (SSSR count). The molecule has 0 saturated carbocycles. The summed E-state index contributed by atoms with van der Waals surface area (Å²) in [5.41, 5.74) is 7.01. The lowest BCUT2D eigenvalue weighted by Crippen LogP contribution is -2.24. The van der Waals surface area contributed by atoms with Gasteiger partial charge in [0.25, 0.3) is 0 Å². The maximum absolute atomic E-state index is 13.7. The van der Waals surface area contributed by atoms with Gasteiger partial charge in [-0.25, -0.2) is 8.78 Å². The van der Waals surface area contributed by atoms with Crippen molar-refractivity contribution in [1.82, 2.24) is 4.98 Å². The summed E-state index contributed by atoms with van der Waals surface area (Å²) in [5, 5.41) is 0.648. The van der Waals surface area contributed by atoms with Crippen LogP contribution in [0.3, 0.4) is 0 Å². The van der Waals surface area contributed by atoms with E-state index in [1.54, 1.807) is 6.07 Å². The van der Waals surface area contributed by atoms with Gasteiger partial charge < -0.3 is 10.7 Å². The van der Waals surface area contributed by atoms with E-state index in [2.05, 4.69) is 4.98 Å². The van der Waals surface area contributed by atoms with Crippen LogP contribution in [0.2, 0.25) is 0 Å². The molecular formula is C13H12F2N2O. The minimum Gasteiger partial charge on any atom is -0.369 e. The average Bonchev–Trinajstić information content (AvgIpc) is 2.72. The Bertz CT molecular complexity index is 648. The zero-order valence-corrected chi connectivity index (χ0v) is 9.59. The summed E-state index contributed by atoms with van der Waals surface area (Å²) in [4.78, 5) is 14.2. The average molecular weight is 250 g/mol. The third-order valence-corrected chi connectivity index (χ3v) is 3.62. The van der Waals surface area contributed by atoms with E-state index in [-0.39, 0.29) is 5.52 Å². The van der Waals surface area contributed by atoms with Crippen LogP contribution in [-0.4, -0.2) is 10.9 Å². The molecular weight excluding hydrogens is 238 g/mol. The van der Waals surface area contributed by atoms with Crippen molar-refractivity contribution < 1.29 is 13.6 Å². The van der Waals surface area contributed by atoms with Gasteiger partial charge in [0.1, 0.15) is 0 Å². The fraction of sp³-hybridized carbons (Fsp3) is 0.308. The van der Waals surface area contributed by atoms with Gasteiger partial charge in [0.15, 0.2) is 11.6 Å². The zero-order valence-electron chi connectivity index (χ0n) is 9.59. The largest absolute Gasteiger partial charge is 0.369 e. The highest BCUT2D eigenvalue weighted by Gasteiger charge is 2.29. The normalized spacial score (nSPS) is 18.9. The fourth-order valence-corrected chi connectivity index (χ4v) is 2.76. The number of benzene rings is 1. The lowest BCUT2D eigenvalue weighted by atomic mass is 9.86. The van der Waals surface area contributed by atoms with E-state index in [9.17, 15) is 13.6 Å². The van der Waals surface area contributed by atoms with Crippen LogP contribution in [0.5, 0.6) is 0 Å². The summed E-state index contributed by atoms with van der Waals surface area (Å²) in [5.74, 6) is -2.64. The molecule has 0 bridgehead atoms. The van der Waals surface area contributed by atoms with Gasteiger partial charge in [0, 0.05) is 11.1 Å². The fourth-order valence-electron chi connectivity index (χ4n) is 2.76. The summed E-state index contributed by atoms with van der Waals surface area (Å²) < 4.78 is 26.9. The Kier molecular flexibility index (Phi) is 2.36. The molecule has 18 heavy (non-hydrogen) atoms. The third kappa shape index (κ3) is 1.43. The molecule has 0 fully saturated rings. The van der Waals surface area contributed by atoms with E-state index >= 15 is 0 Å². The summed E-state index contributed by atoms with van der Waals surface area (Å²) in [6, 6.07) is 2.66. The molecule has 1 atom stereocenters. The number of amides is 1. The van der Waals surface area contributed by atoms with Crippen molar-refractivity contribution in [2.75, 3.05) is 0 Å². The summed E-state index contributed by atoms with van der Waals surface area (Å²) >= 11 is 0. The quantitative estimate of drug-likeness (QED) is 0.802. The van der Waals surface area contributed by atoms with Gasteiger partial charge in [-0.15, -0.1) is 0 Å². The first-order valence-corrected chi connectivity index (χ1v) is 5.87. The topological polar surface area (TPSA) is 58.9 Å². The minimum absolute atomic E-state index is 0.133. The molecule has 1 aromatic carbocycles. The number of aromatic amines is 1. The minimum atomic E-state index is -0.898. The van der Waals surface area contributed by atoms with Gasteiger partial charge in [-0.3, -0.25) is 4.79 Å². The number of hydrogen-bond acceptors (Lipinski definition) is 1. The molecule has 1 unspecified atom stereocenters. The van der Waals surface area contributed by atoms with E-state index in [1.807, 2.05) is 0 Å². The van der Waals surface area contributed by atoms with Crippen molar-refractivity contribution in [1.29, 1.82) is 0 Å². The molecule has 1 aliphatic carbocycles. The highest BCUT2D eigenvalue weighted by atomic mass is 19.2. The number of H-pyrrole nitrogens is 1. The van der Waals surface area contributed by atoms with Crippen molar-refractivity contribution >= 4 is 16.8 Å². The number of aryl methyl sites for hydroxylation is 1. The van der Waals surface area contributed by atoms with E-state index in [4.69, 9.17) is 5.73 Å². The molecule has 3 N–H and O–H groups in total. The number of rotatable bonds is 1. The molecule has 2 aromatic rings. The smallest absolute Gasteiger partial charge is 0.226 e. The lowest BCUT2D eigenvalue weighted by Gasteiger charge is -2.19. The zero-order chi connectivity index (χ0) is 12.9. The molecule has 1 aromatic heterocycles. The number of carbonyl (C=O) groups excluding carboxylic acids is 1. The molecule has 1 amide bonds. The van der Waals surface area contributed by atoms with Gasteiger partial charge in [-0.1, -0.05) is 0 Å². The van der Waals surface area contributed by atoms with Crippen LogP contribution in [-0.2, 0) is 11.2 Å². The van der Waals surface area contributed by atoms with E-state index in [0.29, 0.717) is 17.5 Å². The number of hydrogen-bond donors (Lipinski definition) is 2. The van der Waals surface area contributed by atoms with E-state index in [1.165, 1.54) is 0 Å². The predicted molar refractivity (Wildman–Crippen MR) is 63.1 cm³/mol. The molecule has 0 radical (unpaired) electrons. The summed E-state index contributed by atoms with van der Waals surface area (Å²) in [7, 11) is 0. The molecule has 1 aliphatic rings.